The molecule has 0 bridgehead atoms. The number of halogens is 1. The second-order valence-electron chi connectivity index (χ2n) is 4.71. The van der Waals surface area contributed by atoms with E-state index in [1.54, 1.807) is 11.3 Å². The first kappa shape index (κ1) is 15.4. The molecule has 0 aliphatic heterocycles. The van der Waals surface area contributed by atoms with Crippen molar-refractivity contribution in [3.05, 3.63) is 46.0 Å². The van der Waals surface area contributed by atoms with Crippen molar-refractivity contribution in [2.45, 2.75) is 26.3 Å². The molecular formula is C15H18FN3OS. The van der Waals surface area contributed by atoms with Crippen LogP contribution in [0.15, 0.2) is 29.8 Å². The minimum Gasteiger partial charge on any atom is -0.368 e. The van der Waals surface area contributed by atoms with Gasteiger partial charge in [0.05, 0.1) is 5.56 Å². The lowest BCUT2D eigenvalue weighted by Crippen LogP contribution is -2.34. The number of nitrogens with zero attached hydrogens (tertiary/aromatic N) is 1. The third kappa shape index (κ3) is 4.01. The van der Waals surface area contributed by atoms with E-state index in [1.165, 1.54) is 17.1 Å². The first-order valence-corrected chi connectivity index (χ1v) is 7.71. The smallest absolute Gasteiger partial charge is 0.254 e. The molecule has 0 spiro atoms. The molecule has 2 aromatic heterocycles. The highest BCUT2D eigenvalue weighted by Crippen LogP contribution is 2.16. The zero-order valence-corrected chi connectivity index (χ0v) is 12.8. The Labute approximate surface area is 127 Å². The number of amides is 1. The standard InChI is InChI=1S/C15H18FN3OS/c1-3-17-14-13(16)12(6-7-18-14)15(20)19-10(2)9-11-5-4-8-21-11/h4-8,10H,3,9H2,1-2H3,(H,17,18)(H,19,20). The summed E-state index contributed by atoms with van der Waals surface area (Å²) in [5.41, 5.74) is 0.0129. The molecule has 1 amide bonds. The summed E-state index contributed by atoms with van der Waals surface area (Å²) in [7, 11) is 0. The van der Waals surface area contributed by atoms with E-state index in [1.807, 2.05) is 31.4 Å². The number of anilines is 1. The highest BCUT2D eigenvalue weighted by molar-refractivity contribution is 7.09. The zero-order chi connectivity index (χ0) is 15.2. The molecule has 2 rings (SSSR count). The van der Waals surface area contributed by atoms with Crippen molar-refractivity contribution in [3.63, 3.8) is 0 Å². The lowest BCUT2D eigenvalue weighted by molar-refractivity contribution is 0.0936. The maximum atomic E-state index is 14.2. The summed E-state index contributed by atoms with van der Waals surface area (Å²) < 4.78 is 14.2. The SMILES string of the molecule is CCNc1nccc(C(=O)NC(C)Cc2cccs2)c1F. The van der Waals surface area contributed by atoms with Crippen LogP contribution in [0.1, 0.15) is 29.1 Å². The Bertz CT molecular complexity index is 601. The van der Waals surface area contributed by atoms with E-state index in [0.29, 0.717) is 6.54 Å². The molecule has 0 aliphatic carbocycles. The van der Waals surface area contributed by atoms with Crippen molar-refractivity contribution in [2.75, 3.05) is 11.9 Å². The second kappa shape index (κ2) is 7.17. The van der Waals surface area contributed by atoms with Gasteiger partial charge in [0, 0.05) is 30.1 Å². The molecule has 2 aromatic rings. The van der Waals surface area contributed by atoms with Gasteiger partial charge in [-0.15, -0.1) is 11.3 Å². The quantitative estimate of drug-likeness (QED) is 0.862. The predicted molar refractivity (Wildman–Crippen MR) is 83.3 cm³/mol. The lowest BCUT2D eigenvalue weighted by Gasteiger charge is -2.14. The molecule has 1 unspecified atom stereocenters. The molecule has 0 aromatic carbocycles. The van der Waals surface area contributed by atoms with E-state index in [4.69, 9.17) is 0 Å². The molecule has 112 valence electrons. The maximum Gasteiger partial charge on any atom is 0.254 e. The molecule has 4 nitrogen and oxygen atoms in total. The number of rotatable bonds is 6. The Kier molecular flexibility index (Phi) is 5.27. The van der Waals surface area contributed by atoms with Crippen molar-refractivity contribution >= 4 is 23.1 Å². The Hall–Kier alpha value is -1.95. The van der Waals surface area contributed by atoms with Crippen LogP contribution in [0.2, 0.25) is 0 Å². The topological polar surface area (TPSA) is 54.0 Å². The van der Waals surface area contributed by atoms with Crippen molar-refractivity contribution in [1.82, 2.24) is 10.3 Å². The van der Waals surface area contributed by atoms with Gasteiger partial charge in [-0.2, -0.15) is 0 Å². The molecule has 2 heterocycles. The summed E-state index contributed by atoms with van der Waals surface area (Å²) in [5.74, 6) is -0.922. The van der Waals surface area contributed by atoms with Crippen molar-refractivity contribution in [2.24, 2.45) is 0 Å². The van der Waals surface area contributed by atoms with Crippen LogP contribution in [-0.4, -0.2) is 23.5 Å². The molecule has 0 saturated heterocycles. The summed E-state index contributed by atoms with van der Waals surface area (Å²) in [6.07, 6.45) is 2.16. The van der Waals surface area contributed by atoms with Gasteiger partial charge in [0.25, 0.3) is 5.91 Å². The van der Waals surface area contributed by atoms with Gasteiger partial charge < -0.3 is 10.6 Å². The summed E-state index contributed by atoms with van der Waals surface area (Å²) in [4.78, 5) is 17.2. The fraction of sp³-hybridized carbons (Fsp3) is 0.333. The molecule has 0 aliphatic rings. The number of carbonyl (C=O) groups is 1. The average Bonchev–Trinajstić information content (AvgIpc) is 2.94. The number of nitrogens with one attached hydrogen (secondary N) is 2. The minimum atomic E-state index is -0.611. The maximum absolute atomic E-state index is 14.2. The van der Waals surface area contributed by atoms with Gasteiger partial charge in [-0.1, -0.05) is 6.07 Å². The molecular weight excluding hydrogens is 289 g/mol. The van der Waals surface area contributed by atoms with Crippen LogP contribution in [0.25, 0.3) is 0 Å². The minimum absolute atomic E-state index is 0.0129. The van der Waals surface area contributed by atoms with E-state index in [9.17, 15) is 9.18 Å². The number of aromatic nitrogens is 1. The van der Waals surface area contributed by atoms with Crippen LogP contribution >= 0.6 is 11.3 Å². The molecule has 2 N–H and O–H groups in total. The van der Waals surface area contributed by atoms with Gasteiger partial charge in [-0.25, -0.2) is 9.37 Å². The molecule has 0 radical (unpaired) electrons. The van der Waals surface area contributed by atoms with E-state index >= 15 is 0 Å². The normalized spacial score (nSPS) is 12.0. The summed E-state index contributed by atoms with van der Waals surface area (Å²) in [5, 5.41) is 7.61. The first-order valence-electron chi connectivity index (χ1n) is 6.83. The number of carbonyl (C=O) groups excluding carboxylic acids is 1. The first-order chi connectivity index (χ1) is 10.1. The van der Waals surface area contributed by atoms with E-state index in [-0.39, 0.29) is 17.4 Å². The number of pyridine rings is 1. The lowest BCUT2D eigenvalue weighted by atomic mass is 10.1. The van der Waals surface area contributed by atoms with Crippen LogP contribution in [-0.2, 0) is 6.42 Å². The summed E-state index contributed by atoms with van der Waals surface area (Å²) >= 11 is 1.64. The monoisotopic (exact) mass is 307 g/mol. The largest absolute Gasteiger partial charge is 0.368 e. The van der Waals surface area contributed by atoms with Crippen molar-refractivity contribution in [1.29, 1.82) is 0 Å². The highest BCUT2D eigenvalue weighted by Gasteiger charge is 2.17. The average molecular weight is 307 g/mol. The van der Waals surface area contributed by atoms with Gasteiger partial charge in [0.15, 0.2) is 11.6 Å². The van der Waals surface area contributed by atoms with Crippen LogP contribution in [0, 0.1) is 5.82 Å². The van der Waals surface area contributed by atoms with Crippen LogP contribution in [0.4, 0.5) is 10.2 Å². The Morgan fingerprint density at radius 1 is 1.48 bits per heavy atom. The second-order valence-corrected chi connectivity index (χ2v) is 5.74. The van der Waals surface area contributed by atoms with Gasteiger partial charge in [-0.3, -0.25) is 4.79 Å². The molecule has 1 atom stereocenters. The van der Waals surface area contributed by atoms with Gasteiger partial charge in [-0.05, 0) is 31.4 Å². The molecule has 0 fully saturated rings. The third-order valence-corrected chi connectivity index (χ3v) is 3.84. The molecule has 0 saturated carbocycles. The van der Waals surface area contributed by atoms with Gasteiger partial charge in [0.1, 0.15) is 0 Å². The van der Waals surface area contributed by atoms with Crippen molar-refractivity contribution < 1.29 is 9.18 Å². The summed E-state index contributed by atoms with van der Waals surface area (Å²) in [6, 6.07) is 5.32. The highest BCUT2D eigenvalue weighted by atomic mass is 32.1. The van der Waals surface area contributed by atoms with Crippen LogP contribution in [0.5, 0.6) is 0 Å². The van der Waals surface area contributed by atoms with Gasteiger partial charge in [0.2, 0.25) is 0 Å². The summed E-state index contributed by atoms with van der Waals surface area (Å²) in [6.45, 7) is 4.29. The third-order valence-electron chi connectivity index (χ3n) is 2.94. The Morgan fingerprint density at radius 2 is 2.29 bits per heavy atom. The van der Waals surface area contributed by atoms with E-state index in [0.717, 1.165) is 6.42 Å². The zero-order valence-electron chi connectivity index (χ0n) is 12.0. The fourth-order valence-corrected chi connectivity index (χ4v) is 2.83. The van der Waals surface area contributed by atoms with E-state index in [2.05, 4.69) is 15.6 Å². The number of hydrogen-bond acceptors (Lipinski definition) is 4. The molecule has 6 heteroatoms. The Balaban J connectivity index is 2.04. The van der Waals surface area contributed by atoms with Gasteiger partial charge >= 0.3 is 0 Å². The number of hydrogen-bond donors (Lipinski definition) is 2. The van der Waals surface area contributed by atoms with Crippen LogP contribution < -0.4 is 10.6 Å². The Morgan fingerprint density at radius 3 is 2.95 bits per heavy atom. The van der Waals surface area contributed by atoms with Crippen LogP contribution in [0.3, 0.4) is 0 Å². The predicted octanol–water partition coefficient (Wildman–Crippen LogP) is 3.08. The molecule has 21 heavy (non-hydrogen) atoms. The number of thiophene rings is 1. The van der Waals surface area contributed by atoms with E-state index < -0.39 is 11.7 Å². The van der Waals surface area contributed by atoms with Crippen molar-refractivity contribution in [3.8, 4) is 0 Å². The fourth-order valence-electron chi connectivity index (χ4n) is 1.99.